The average Bonchev–Trinajstić information content (AvgIpc) is 2.66. The molecule has 7 nitrogen and oxygen atoms in total. The van der Waals surface area contributed by atoms with E-state index >= 15 is 0 Å². The lowest BCUT2D eigenvalue weighted by atomic mass is 9.78. The standard InChI is InChI=1S/C23H40N2O5/c1-7-29-23(27,30-8-2)15-28-10-9-25-21-12-18(16(3)4)20(24)11-19(21)17(14-26)13-22(25,5)6/h11-12,16-17,26-27H,7-10,13-15,24H2,1-6H3. The van der Waals surface area contributed by atoms with Crippen molar-refractivity contribution in [3.05, 3.63) is 23.3 Å². The van der Waals surface area contributed by atoms with E-state index < -0.39 is 5.97 Å². The Morgan fingerprint density at radius 1 is 1.23 bits per heavy atom. The summed E-state index contributed by atoms with van der Waals surface area (Å²) < 4.78 is 16.3. The molecule has 0 radical (unpaired) electrons. The predicted octanol–water partition coefficient (Wildman–Crippen LogP) is 3.19. The van der Waals surface area contributed by atoms with E-state index in [0.29, 0.717) is 32.3 Å². The largest absolute Gasteiger partial charge is 0.398 e. The van der Waals surface area contributed by atoms with Crippen LogP contribution in [0.2, 0.25) is 0 Å². The Morgan fingerprint density at radius 2 is 1.87 bits per heavy atom. The molecule has 7 heteroatoms. The second kappa shape index (κ2) is 10.3. The second-order valence-corrected chi connectivity index (χ2v) is 8.87. The predicted molar refractivity (Wildman–Crippen MR) is 120 cm³/mol. The number of nitrogen functional groups attached to an aromatic ring is 1. The minimum absolute atomic E-state index is 0.0525. The lowest BCUT2D eigenvalue weighted by Crippen LogP contribution is -2.51. The van der Waals surface area contributed by atoms with E-state index in [9.17, 15) is 10.2 Å². The van der Waals surface area contributed by atoms with Gasteiger partial charge in [0.25, 0.3) is 0 Å². The Morgan fingerprint density at radius 3 is 2.40 bits per heavy atom. The molecular weight excluding hydrogens is 384 g/mol. The molecule has 172 valence electrons. The molecule has 2 rings (SSSR count). The van der Waals surface area contributed by atoms with E-state index in [0.717, 1.165) is 28.9 Å². The summed E-state index contributed by atoms with van der Waals surface area (Å²) >= 11 is 0. The van der Waals surface area contributed by atoms with Crippen LogP contribution in [0.3, 0.4) is 0 Å². The molecule has 0 fully saturated rings. The Balaban J connectivity index is 2.21. The number of hydrogen-bond acceptors (Lipinski definition) is 7. The minimum atomic E-state index is -1.72. The third-order valence-electron chi connectivity index (χ3n) is 5.77. The van der Waals surface area contributed by atoms with Crippen molar-refractivity contribution in [3.8, 4) is 0 Å². The SMILES string of the molecule is CCOC(O)(COCCN1c2cc(C(C)C)c(N)cc2C(CO)CC1(C)C)OCC. The van der Waals surface area contributed by atoms with Gasteiger partial charge in [0.15, 0.2) is 0 Å². The van der Waals surface area contributed by atoms with E-state index in [1.807, 2.05) is 6.07 Å². The number of benzene rings is 1. The first kappa shape index (κ1) is 24.9. The first-order valence-electron chi connectivity index (χ1n) is 11.0. The van der Waals surface area contributed by atoms with Crippen LogP contribution in [0, 0.1) is 0 Å². The highest BCUT2D eigenvalue weighted by molar-refractivity contribution is 5.68. The molecule has 1 heterocycles. The maximum absolute atomic E-state index is 10.4. The number of ether oxygens (including phenoxy) is 3. The number of nitrogens with two attached hydrogens (primary N) is 1. The van der Waals surface area contributed by atoms with Crippen LogP contribution in [0.15, 0.2) is 12.1 Å². The summed E-state index contributed by atoms with van der Waals surface area (Å²) in [6, 6.07) is 4.19. The molecule has 1 aliphatic rings. The summed E-state index contributed by atoms with van der Waals surface area (Å²) in [7, 11) is 0. The van der Waals surface area contributed by atoms with Crippen molar-refractivity contribution < 1.29 is 24.4 Å². The van der Waals surface area contributed by atoms with Gasteiger partial charge >= 0.3 is 5.97 Å². The topological polar surface area (TPSA) is 97.4 Å². The fraction of sp³-hybridized carbons (Fsp3) is 0.739. The van der Waals surface area contributed by atoms with Gasteiger partial charge in [-0.2, -0.15) is 0 Å². The first-order valence-corrected chi connectivity index (χ1v) is 11.0. The smallest absolute Gasteiger partial charge is 0.305 e. The zero-order chi connectivity index (χ0) is 22.5. The number of nitrogens with zero attached hydrogens (tertiary/aromatic N) is 1. The monoisotopic (exact) mass is 424 g/mol. The summed E-state index contributed by atoms with van der Waals surface area (Å²) in [5.74, 6) is -1.37. The lowest BCUT2D eigenvalue weighted by molar-refractivity contribution is -0.373. The summed E-state index contributed by atoms with van der Waals surface area (Å²) in [6.45, 7) is 13.9. The van der Waals surface area contributed by atoms with Crippen LogP contribution in [-0.4, -0.2) is 61.3 Å². The molecule has 30 heavy (non-hydrogen) atoms. The first-order chi connectivity index (χ1) is 14.1. The molecule has 0 aliphatic carbocycles. The number of rotatable bonds is 11. The Bertz CT molecular complexity index is 686. The van der Waals surface area contributed by atoms with Crippen molar-refractivity contribution in [1.82, 2.24) is 0 Å². The van der Waals surface area contributed by atoms with Crippen molar-refractivity contribution in [3.63, 3.8) is 0 Å². The van der Waals surface area contributed by atoms with Crippen LogP contribution in [-0.2, 0) is 14.2 Å². The van der Waals surface area contributed by atoms with Crippen molar-refractivity contribution in [2.24, 2.45) is 0 Å². The molecule has 0 amide bonds. The molecule has 4 N–H and O–H groups in total. The number of fused-ring (bicyclic) bond motifs is 1. The minimum Gasteiger partial charge on any atom is -0.398 e. The molecule has 1 aromatic rings. The van der Waals surface area contributed by atoms with Crippen LogP contribution in [0.1, 0.15) is 70.9 Å². The zero-order valence-corrected chi connectivity index (χ0v) is 19.4. The zero-order valence-electron chi connectivity index (χ0n) is 19.4. The Hall–Kier alpha value is -1.38. The van der Waals surface area contributed by atoms with E-state index in [1.54, 1.807) is 13.8 Å². The summed E-state index contributed by atoms with van der Waals surface area (Å²) in [5, 5.41) is 20.4. The third-order valence-corrected chi connectivity index (χ3v) is 5.77. The van der Waals surface area contributed by atoms with Gasteiger partial charge in [-0.1, -0.05) is 13.8 Å². The van der Waals surface area contributed by atoms with E-state index in [4.69, 9.17) is 19.9 Å². The fourth-order valence-corrected chi connectivity index (χ4v) is 4.37. The number of aliphatic hydroxyl groups is 2. The molecule has 0 spiro atoms. The van der Waals surface area contributed by atoms with Gasteiger partial charge in [0.2, 0.25) is 0 Å². The average molecular weight is 425 g/mol. The molecule has 1 aliphatic heterocycles. The molecule has 1 atom stereocenters. The second-order valence-electron chi connectivity index (χ2n) is 8.87. The highest BCUT2D eigenvalue weighted by atomic mass is 16.8. The quantitative estimate of drug-likeness (QED) is 0.285. The van der Waals surface area contributed by atoms with Crippen LogP contribution < -0.4 is 10.6 Å². The van der Waals surface area contributed by atoms with Crippen LogP contribution >= 0.6 is 0 Å². The molecule has 0 saturated carbocycles. The van der Waals surface area contributed by atoms with E-state index in [1.165, 1.54) is 0 Å². The lowest BCUT2D eigenvalue weighted by Gasteiger charge is -2.48. The highest BCUT2D eigenvalue weighted by Gasteiger charge is 2.38. The molecule has 1 aromatic carbocycles. The number of hydrogen-bond donors (Lipinski definition) is 3. The van der Waals surface area contributed by atoms with Gasteiger partial charge in [-0.15, -0.1) is 0 Å². The molecule has 0 saturated heterocycles. The maximum atomic E-state index is 10.4. The van der Waals surface area contributed by atoms with Crippen molar-refractivity contribution >= 4 is 11.4 Å². The van der Waals surface area contributed by atoms with Gasteiger partial charge < -0.3 is 35.1 Å². The molecule has 0 bridgehead atoms. The summed E-state index contributed by atoms with van der Waals surface area (Å²) in [6.07, 6.45) is 0.818. The summed E-state index contributed by atoms with van der Waals surface area (Å²) in [5.41, 5.74) is 10.2. The van der Waals surface area contributed by atoms with Gasteiger partial charge in [-0.05, 0) is 63.3 Å². The Labute approximate surface area is 181 Å². The van der Waals surface area contributed by atoms with Gasteiger partial charge in [-0.25, -0.2) is 0 Å². The van der Waals surface area contributed by atoms with E-state index in [-0.39, 0.29) is 24.7 Å². The van der Waals surface area contributed by atoms with Crippen LogP contribution in [0.5, 0.6) is 0 Å². The summed E-state index contributed by atoms with van der Waals surface area (Å²) in [4.78, 5) is 2.32. The normalized spacial score (nSPS) is 18.7. The Kier molecular flexibility index (Phi) is 8.53. The van der Waals surface area contributed by atoms with Crippen LogP contribution in [0.4, 0.5) is 11.4 Å². The molecule has 0 aromatic heterocycles. The number of aliphatic hydroxyl groups excluding tert-OH is 1. The van der Waals surface area contributed by atoms with Gasteiger partial charge in [0.1, 0.15) is 6.61 Å². The molecule has 1 unspecified atom stereocenters. The van der Waals surface area contributed by atoms with Gasteiger partial charge in [0, 0.05) is 42.6 Å². The van der Waals surface area contributed by atoms with Gasteiger partial charge in [0.05, 0.1) is 13.2 Å². The van der Waals surface area contributed by atoms with Crippen molar-refractivity contribution in [1.29, 1.82) is 0 Å². The van der Waals surface area contributed by atoms with Crippen LogP contribution in [0.25, 0.3) is 0 Å². The highest BCUT2D eigenvalue weighted by Crippen LogP contribution is 2.45. The fourth-order valence-electron chi connectivity index (χ4n) is 4.37. The van der Waals surface area contributed by atoms with Crippen molar-refractivity contribution in [2.45, 2.75) is 71.3 Å². The van der Waals surface area contributed by atoms with Gasteiger partial charge in [-0.3, -0.25) is 0 Å². The van der Waals surface area contributed by atoms with Crippen molar-refractivity contribution in [2.75, 3.05) is 50.2 Å². The maximum Gasteiger partial charge on any atom is 0.305 e. The number of anilines is 2. The molecular formula is C23H40N2O5. The van der Waals surface area contributed by atoms with E-state index in [2.05, 4.69) is 38.7 Å². The third kappa shape index (κ3) is 5.65.